The van der Waals surface area contributed by atoms with E-state index < -0.39 is 0 Å². The van der Waals surface area contributed by atoms with Gasteiger partial charge in [0.15, 0.2) is 5.16 Å². The summed E-state index contributed by atoms with van der Waals surface area (Å²) in [5.41, 5.74) is 3.43. The number of nitrogens with zero attached hydrogens (tertiary/aromatic N) is 4. The molecular weight excluding hydrogens is 446 g/mol. The fourth-order valence-corrected chi connectivity index (χ4v) is 4.55. The Morgan fingerprint density at radius 3 is 2.66 bits per heavy atom. The predicted octanol–water partition coefficient (Wildman–Crippen LogP) is 4.70. The molecule has 166 valence electrons. The van der Waals surface area contributed by atoms with Crippen molar-refractivity contribution >= 4 is 51.6 Å². The molecule has 2 aromatic carbocycles. The van der Waals surface area contributed by atoms with Gasteiger partial charge in [-0.25, -0.2) is 0 Å². The third kappa shape index (κ3) is 4.38. The number of hydrogen-bond acceptors (Lipinski definition) is 5. The van der Waals surface area contributed by atoms with Gasteiger partial charge in [-0.15, -0.1) is 10.2 Å². The summed E-state index contributed by atoms with van der Waals surface area (Å²) >= 11 is 7.49. The van der Waals surface area contributed by atoms with Crippen LogP contribution < -0.4 is 10.9 Å². The lowest BCUT2D eigenvalue weighted by Gasteiger charge is -2.13. The third-order valence-electron chi connectivity index (χ3n) is 5.07. The van der Waals surface area contributed by atoms with Crippen molar-refractivity contribution < 1.29 is 4.79 Å². The Hall–Kier alpha value is -2.84. The highest BCUT2D eigenvalue weighted by Crippen LogP contribution is 2.25. The summed E-state index contributed by atoms with van der Waals surface area (Å²) in [6.45, 7) is 8.57. The molecule has 2 heterocycles. The van der Waals surface area contributed by atoms with E-state index in [4.69, 9.17) is 11.6 Å². The molecule has 4 rings (SSSR count). The summed E-state index contributed by atoms with van der Waals surface area (Å²) in [5.74, 6) is 0.698. The third-order valence-corrected chi connectivity index (χ3v) is 6.23. The van der Waals surface area contributed by atoms with Gasteiger partial charge in [-0.2, -0.15) is 0 Å². The first-order chi connectivity index (χ1) is 15.2. The number of nitrogens with one attached hydrogen (secondary N) is 1. The molecule has 0 saturated heterocycles. The number of carbonyl (C=O) groups is 1. The molecular formula is C23H24ClN5O2S. The maximum atomic E-state index is 13.1. The van der Waals surface area contributed by atoms with Crippen molar-refractivity contribution in [3.05, 3.63) is 62.9 Å². The standard InChI is InChI=1S/C23H24ClN5O2S/c1-13(2)11-28-21(31)17-7-6-16(24)10-19(17)29-22(28)26-27-23(29)32-12-20(30)25-18-8-5-14(3)9-15(18)4/h5-10,13H,11-12H2,1-4H3,(H,25,30). The Labute approximate surface area is 194 Å². The van der Waals surface area contributed by atoms with Crippen LogP contribution in [0.5, 0.6) is 0 Å². The number of amides is 1. The molecule has 0 saturated carbocycles. The molecule has 1 amide bonds. The van der Waals surface area contributed by atoms with Gasteiger partial charge >= 0.3 is 0 Å². The van der Waals surface area contributed by atoms with Crippen LogP contribution >= 0.6 is 23.4 Å². The zero-order chi connectivity index (χ0) is 23.0. The molecule has 1 N–H and O–H groups in total. The molecule has 0 fully saturated rings. The number of halogens is 1. The molecule has 0 spiro atoms. The topological polar surface area (TPSA) is 81.3 Å². The average Bonchev–Trinajstić information content (AvgIpc) is 3.15. The van der Waals surface area contributed by atoms with E-state index in [1.54, 1.807) is 27.2 Å². The van der Waals surface area contributed by atoms with E-state index in [1.165, 1.54) is 11.8 Å². The van der Waals surface area contributed by atoms with Crippen molar-refractivity contribution in [2.75, 3.05) is 11.1 Å². The fraction of sp³-hybridized carbons (Fsp3) is 0.304. The number of fused-ring (bicyclic) bond motifs is 3. The number of rotatable bonds is 6. The molecule has 2 aromatic heterocycles. The van der Waals surface area contributed by atoms with Crippen LogP contribution in [0.3, 0.4) is 0 Å². The smallest absolute Gasteiger partial charge is 0.262 e. The quantitative estimate of drug-likeness (QED) is 0.414. The van der Waals surface area contributed by atoms with Gasteiger partial charge in [0.25, 0.3) is 5.56 Å². The van der Waals surface area contributed by atoms with Gasteiger partial charge in [0, 0.05) is 17.3 Å². The Kier molecular flexibility index (Phi) is 6.26. The number of thioether (sulfide) groups is 1. The van der Waals surface area contributed by atoms with Gasteiger partial charge in [0.2, 0.25) is 11.7 Å². The van der Waals surface area contributed by atoms with Gasteiger partial charge < -0.3 is 5.32 Å². The number of benzene rings is 2. The summed E-state index contributed by atoms with van der Waals surface area (Å²) in [6.07, 6.45) is 0. The lowest BCUT2D eigenvalue weighted by Crippen LogP contribution is -2.25. The first-order valence-electron chi connectivity index (χ1n) is 10.3. The van der Waals surface area contributed by atoms with Crippen molar-refractivity contribution in [3.63, 3.8) is 0 Å². The number of aryl methyl sites for hydroxylation is 2. The zero-order valence-corrected chi connectivity index (χ0v) is 19.9. The first kappa shape index (κ1) is 22.4. The van der Waals surface area contributed by atoms with Crippen molar-refractivity contribution in [3.8, 4) is 0 Å². The fourth-order valence-electron chi connectivity index (χ4n) is 3.65. The van der Waals surface area contributed by atoms with E-state index in [2.05, 4.69) is 15.5 Å². The summed E-state index contributed by atoms with van der Waals surface area (Å²) in [6, 6.07) is 11.0. The monoisotopic (exact) mass is 469 g/mol. The number of aromatic nitrogens is 4. The van der Waals surface area contributed by atoms with Crippen molar-refractivity contribution in [1.82, 2.24) is 19.2 Å². The van der Waals surface area contributed by atoms with Crippen LogP contribution in [-0.4, -0.2) is 30.8 Å². The molecule has 0 aliphatic rings. The highest BCUT2D eigenvalue weighted by atomic mass is 35.5. The van der Waals surface area contributed by atoms with Crippen molar-refractivity contribution in [2.24, 2.45) is 5.92 Å². The van der Waals surface area contributed by atoms with E-state index in [0.717, 1.165) is 16.8 Å². The lowest BCUT2D eigenvalue weighted by molar-refractivity contribution is -0.113. The molecule has 9 heteroatoms. The molecule has 7 nitrogen and oxygen atoms in total. The van der Waals surface area contributed by atoms with Crippen molar-refractivity contribution in [2.45, 2.75) is 39.4 Å². The Bertz CT molecular complexity index is 1390. The van der Waals surface area contributed by atoms with Crippen LogP contribution in [-0.2, 0) is 11.3 Å². The molecule has 0 radical (unpaired) electrons. The summed E-state index contributed by atoms with van der Waals surface area (Å²) in [4.78, 5) is 25.7. The Morgan fingerprint density at radius 2 is 1.94 bits per heavy atom. The van der Waals surface area contributed by atoms with Crippen LogP contribution in [0, 0.1) is 19.8 Å². The maximum Gasteiger partial charge on any atom is 0.262 e. The predicted molar refractivity (Wildman–Crippen MR) is 130 cm³/mol. The second-order valence-corrected chi connectivity index (χ2v) is 9.62. The van der Waals surface area contributed by atoms with E-state index in [9.17, 15) is 9.59 Å². The van der Waals surface area contributed by atoms with Gasteiger partial charge in [0.05, 0.1) is 16.7 Å². The SMILES string of the molecule is Cc1ccc(NC(=O)CSc2nnc3n(CC(C)C)c(=O)c4ccc(Cl)cc4n23)c(C)c1. The van der Waals surface area contributed by atoms with Crippen LogP contribution in [0.4, 0.5) is 5.69 Å². The highest BCUT2D eigenvalue weighted by molar-refractivity contribution is 7.99. The number of hydrogen-bond donors (Lipinski definition) is 1. The molecule has 0 bridgehead atoms. The zero-order valence-electron chi connectivity index (χ0n) is 18.3. The minimum atomic E-state index is -0.142. The van der Waals surface area contributed by atoms with E-state index in [0.29, 0.717) is 33.4 Å². The normalized spacial score (nSPS) is 11.6. The Morgan fingerprint density at radius 1 is 1.16 bits per heavy atom. The summed E-state index contributed by atoms with van der Waals surface area (Å²) < 4.78 is 3.44. The second kappa shape index (κ2) is 8.96. The lowest BCUT2D eigenvalue weighted by atomic mass is 10.1. The highest BCUT2D eigenvalue weighted by Gasteiger charge is 2.19. The van der Waals surface area contributed by atoms with Crippen LogP contribution in [0.25, 0.3) is 16.7 Å². The van der Waals surface area contributed by atoms with E-state index in [1.807, 2.05) is 45.9 Å². The van der Waals surface area contributed by atoms with Crippen LogP contribution in [0.1, 0.15) is 25.0 Å². The van der Waals surface area contributed by atoms with E-state index >= 15 is 0 Å². The first-order valence-corrected chi connectivity index (χ1v) is 11.7. The van der Waals surface area contributed by atoms with Crippen LogP contribution in [0.15, 0.2) is 46.3 Å². The Balaban J connectivity index is 1.69. The van der Waals surface area contributed by atoms with Gasteiger partial charge in [-0.3, -0.25) is 18.6 Å². The molecule has 32 heavy (non-hydrogen) atoms. The number of carbonyl (C=O) groups excluding carboxylic acids is 1. The van der Waals surface area contributed by atoms with E-state index in [-0.39, 0.29) is 23.1 Å². The van der Waals surface area contributed by atoms with Crippen LogP contribution in [0.2, 0.25) is 5.02 Å². The maximum absolute atomic E-state index is 13.1. The minimum Gasteiger partial charge on any atom is -0.325 e. The number of anilines is 1. The minimum absolute atomic E-state index is 0.130. The average molecular weight is 470 g/mol. The summed E-state index contributed by atoms with van der Waals surface area (Å²) in [5, 5.41) is 13.1. The molecule has 0 aliphatic carbocycles. The van der Waals surface area contributed by atoms with Gasteiger partial charge in [-0.05, 0) is 49.6 Å². The summed E-state index contributed by atoms with van der Waals surface area (Å²) in [7, 11) is 0. The van der Waals surface area contributed by atoms with Gasteiger partial charge in [-0.1, -0.05) is 54.9 Å². The molecule has 4 aromatic rings. The van der Waals surface area contributed by atoms with Crippen molar-refractivity contribution in [1.29, 1.82) is 0 Å². The largest absolute Gasteiger partial charge is 0.325 e. The molecule has 0 atom stereocenters. The molecule has 0 unspecified atom stereocenters. The second-order valence-electron chi connectivity index (χ2n) is 8.24. The van der Waals surface area contributed by atoms with Gasteiger partial charge in [0.1, 0.15) is 0 Å². The molecule has 0 aliphatic heterocycles.